The standard InChI is InChI=1S/C26H26N4O4/c31-24(32)17-23(18-7-2-1-3-8-18)34-22-10-5-4-9-21(22)30-25(33)19-11-13-20(14-12-19)29-26-27-15-6-16-28-26/h1-5,7-14,23H,6,15-17H2,(H,30,33)(H,31,32)(H2,27,28,29). The maximum atomic E-state index is 12.9. The third kappa shape index (κ3) is 6.13. The van der Waals surface area contributed by atoms with Gasteiger partial charge < -0.3 is 25.8 Å². The van der Waals surface area contributed by atoms with Crippen LogP contribution in [0.1, 0.15) is 34.9 Å². The number of aliphatic imine (C=N–C) groups is 1. The summed E-state index contributed by atoms with van der Waals surface area (Å²) < 4.78 is 6.06. The molecule has 34 heavy (non-hydrogen) atoms. The molecular formula is C26H26N4O4. The van der Waals surface area contributed by atoms with Crippen LogP contribution in [0, 0.1) is 0 Å². The lowest BCUT2D eigenvalue weighted by atomic mass is 10.1. The van der Waals surface area contributed by atoms with Gasteiger partial charge in [-0.05, 0) is 48.4 Å². The highest BCUT2D eigenvalue weighted by Gasteiger charge is 2.19. The van der Waals surface area contributed by atoms with Crippen LogP contribution in [0.3, 0.4) is 0 Å². The normalized spacial score (nSPS) is 13.7. The van der Waals surface area contributed by atoms with Gasteiger partial charge in [0.1, 0.15) is 11.9 Å². The number of guanidine groups is 1. The smallest absolute Gasteiger partial charge is 0.307 e. The van der Waals surface area contributed by atoms with E-state index in [4.69, 9.17) is 4.74 Å². The molecular weight excluding hydrogens is 432 g/mol. The maximum Gasteiger partial charge on any atom is 0.307 e. The molecule has 0 spiro atoms. The average molecular weight is 459 g/mol. The van der Waals surface area contributed by atoms with Gasteiger partial charge in [-0.15, -0.1) is 0 Å². The minimum atomic E-state index is -0.974. The highest BCUT2D eigenvalue weighted by atomic mass is 16.5. The quantitative estimate of drug-likeness (QED) is 0.401. The zero-order valence-electron chi connectivity index (χ0n) is 18.5. The number of carbonyl (C=O) groups excluding carboxylic acids is 1. The molecule has 1 heterocycles. The lowest BCUT2D eigenvalue weighted by Gasteiger charge is -2.20. The van der Waals surface area contributed by atoms with E-state index in [-0.39, 0.29) is 12.3 Å². The van der Waals surface area contributed by atoms with Gasteiger partial charge in [0.25, 0.3) is 5.91 Å². The van der Waals surface area contributed by atoms with Crippen molar-refractivity contribution in [2.75, 3.05) is 23.7 Å². The molecule has 4 rings (SSSR count). The van der Waals surface area contributed by atoms with Crippen LogP contribution in [0.2, 0.25) is 0 Å². The first-order valence-electron chi connectivity index (χ1n) is 11.1. The summed E-state index contributed by atoms with van der Waals surface area (Å²) in [5.41, 5.74) is 2.50. The van der Waals surface area contributed by atoms with E-state index in [9.17, 15) is 14.7 Å². The second-order valence-corrected chi connectivity index (χ2v) is 7.78. The van der Waals surface area contributed by atoms with Crippen LogP contribution in [0.25, 0.3) is 0 Å². The number of carbonyl (C=O) groups is 2. The Morgan fingerprint density at radius 1 is 1.00 bits per heavy atom. The van der Waals surface area contributed by atoms with Gasteiger partial charge in [0.05, 0.1) is 12.1 Å². The zero-order valence-corrected chi connectivity index (χ0v) is 18.5. The van der Waals surface area contributed by atoms with Crippen molar-refractivity contribution >= 4 is 29.2 Å². The number of aliphatic carboxylic acids is 1. The fourth-order valence-corrected chi connectivity index (χ4v) is 3.53. The topological polar surface area (TPSA) is 112 Å². The number of carboxylic acid groups (broad SMARTS) is 1. The molecule has 4 N–H and O–H groups in total. The highest BCUT2D eigenvalue weighted by Crippen LogP contribution is 2.31. The molecule has 8 heteroatoms. The van der Waals surface area contributed by atoms with E-state index in [1.807, 2.05) is 42.5 Å². The first-order chi connectivity index (χ1) is 16.6. The Labute approximate surface area is 197 Å². The predicted octanol–water partition coefficient (Wildman–Crippen LogP) is 4.29. The summed E-state index contributed by atoms with van der Waals surface area (Å²) >= 11 is 0. The molecule has 1 aliphatic rings. The van der Waals surface area contributed by atoms with Crippen molar-refractivity contribution in [3.8, 4) is 5.75 Å². The Kier molecular flexibility index (Phi) is 7.39. The van der Waals surface area contributed by atoms with E-state index in [1.165, 1.54) is 0 Å². The van der Waals surface area contributed by atoms with Gasteiger partial charge in [0, 0.05) is 24.3 Å². The van der Waals surface area contributed by atoms with Crippen LogP contribution in [-0.2, 0) is 4.79 Å². The number of anilines is 2. The third-order valence-corrected chi connectivity index (χ3v) is 5.24. The Morgan fingerprint density at radius 2 is 1.74 bits per heavy atom. The van der Waals surface area contributed by atoms with Gasteiger partial charge in [0.15, 0.2) is 5.96 Å². The number of hydrogen-bond donors (Lipinski definition) is 4. The lowest BCUT2D eigenvalue weighted by molar-refractivity contribution is -0.138. The molecule has 174 valence electrons. The molecule has 3 aromatic rings. The molecule has 0 fully saturated rings. The van der Waals surface area contributed by atoms with Gasteiger partial charge in [-0.2, -0.15) is 0 Å². The van der Waals surface area contributed by atoms with E-state index in [0.29, 0.717) is 17.0 Å². The number of carboxylic acids is 1. The van der Waals surface area contributed by atoms with E-state index < -0.39 is 12.1 Å². The molecule has 0 aromatic heterocycles. The summed E-state index contributed by atoms with van der Waals surface area (Å²) in [4.78, 5) is 28.7. The molecule has 0 bridgehead atoms. The Balaban J connectivity index is 1.46. The van der Waals surface area contributed by atoms with Crippen molar-refractivity contribution in [1.82, 2.24) is 5.32 Å². The summed E-state index contributed by atoms with van der Waals surface area (Å²) in [6.07, 6.45) is 0.108. The summed E-state index contributed by atoms with van der Waals surface area (Å²) in [6.45, 7) is 1.67. The number of nitrogens with one attached hydrogen (secondary N) is 3. The SMILES string of the molecule is O=C(O)CC(Oc1ccccc1NC(=O)c1ccc(NC2=NCCCN2)cc1)c1ccccc1. The van der Waals surface area contributed by atoms with E-state index in [1.54, 1.807) is 36.4 Å². The number of para-hydroxylation sites is 2. The lowest BCUT2D eigenvalue weighted by Crippen LogP contribution is -2.35. The van der Waals surface area contributed by atoms with Gasteiger partial charge >= 0.3 is 5.97 Å². The van der Waals surface area contributed by atoms with Gasteiger partial charge in [-0.25, -0.2) is 0 Å². The fraction of sp³-hybridized carbons (Fsp3) is 0.192. The molecule has 0 aliphatic carbocycles. The maximum absolute atomic E-state index is 12.9. The Bertz CT molecular complexity index is 1160. The average Bonchev–Trinajstić information content (AvgIpc) is 2.86. The van der Waals surface area contributed by atoms with Crippen LogP contribution >= 0.6 is 0 Å². The van der Waals surface area contributed by atoms with Crippen molar-refractivity contribution in [3.63, 3.8) is 0 Å². The summed E-state index contributed by atoms with van der Waals surface area (Å²) in [7, 11) is 0. The zero-order chi connectivity index (χ0) is 23.8. The fourth-order valence-electron chi connectivity index (χ4n) is 3.53. The third-order valence-electron chi connectivity index (χ3n) is 5.24. The molecule has 1 amide bonds. The monoisotopic (exact) mass is 458 g/mol. The first-order valence-corrected chi connectivity index (χ1v) is 11.1. The van der Waals surface area contributed by atoms with Crippen LogP contribution in [0.15, 0.2) is 83.9 Å². The van der Waals surface area contributed by atoms with E-state index in [2.05, 4.69) is 20.9 Å². The molecule has 3 aromatic carbocycles. The number of ether oxygens (including phenoxy) is 1. The van der Waals surface area contributed by atoms with Gasteiger partial charge in [-0.1, -0.05) is 42.5 Å². The van der Waals surface area contributed by atoms with Crippen LogP contribution < -0.4 is 20.7 Å². The van der Waals surface area contributed by atoms with Crippen molar-refractivity contribution in [1.29, 1.82) is 0 Å². The van der Waals surface area contributed by atoms with E-state index in [0.717, 1.165) is 36.7 Å². The summed E-state index contributed by atoms with van der Waals surface area (Å²) in [5, 5.41) is 18.6. The first kappa shape index (κ1) is 22.8. The van der Waals surface area contributed by atoms with Gasteiger partial charge in [0.2, 0.25) is 0 Å². The minimum absolute atomic E-state index is 0.207. The summed E-state index contributed by atoms with van der Waals surface area (Å²) in [6, 6.07) is 23.2. The van der Waals surface area contributed by atoms with Crippen molar-refractivity contribution < 1.29 is 19.4 Å². The molecule has 0 radical (unpaired) electrons. The van der Waals surface area contributed by atoms with E-state index >= 15 is 0 Å². The minimum Gasteiger partial charge on any atom is -0.483 e. The molecule has 1 atom stereocenters. The van der Waals surface area contributed by atoms with Crippen molar-refractivity contribution in [3.05, 3.63) is 90.0 Å². The Morgan fingerprint density at radius 3 is 2.44 bits per heavy atom. The predicted molar refractivity (Wildman–Crippen MR) is 131 cm³/mol. The molecule has 0 saturated carbocycles. The van der Waals surface area contributed by atoms with Gasteiger partial charge in [-0.3, -0.25) is 14.6 Å². The number of rotatable bonds is 8. The number of hydrogen-bond acceptors (Lipinski definition) is 6. The van der Waals surface area contributed by atoms with Crippen LogP contribution in [0.5, 0.6) is 5.75 Å². The molecule has 0 saturated heterocycles. The molecule has 8 nitrogen and oxygen atoms in total. The van der Waals surface area contributed by atoms with Crippen LogP contribution in [-0.4, -0.2) is 36.0 Å². The largest absolute Gasteiger partial charge is 0.483 e. The second kappa shape index (κ2) is 11.0. The van der Waals surface area contributed by atoms with Crippen molar-refractivity contribution in [2.45, 2.75) is 18.9 Å². The second-order valence-electron chi connectivity index (χ2n) is 7.78. The summed E-state index contributed by atoms with van der Waals surface area (Å²) in [5.74, 6) is -0.154. The molecule has 1 unspecified atom stereocenters. The Hall–Kier alpha value is -4.33. The van der Waals surface area contributed by atoms with Crippen molar-refractivity contribution in [2.24, 2.45) is 4.99 Å². The molecule has 1 aliphatic heterocycles. The van der Waals surface area contributed by atoms with Crippen LogP contribution in [0.4, 0.5) is 11.4 Å². The number of nitrogens with zero attached hydrogens (tertiary/aromatic N) is 1. The number of amides is 1. The number of benzene rings is 3. The highest BCUT2D eigenvalue weighted by molar-refractivity contribution is 6.05.